The topological polar surface area (TPSA) is 26.3 Å². The van der Waals surface area contributed by atoms with Crippen LogP contribution >= 0.6 is 0 Å². The largest absolute Gasteiger partial charge is 0.428 e. The zero-order chi connectivity index (χ0) is 15.6. The average molecular weight is 308 g/mol. The first-order chi connectivity index (χ1) is 11.8. The van der Waals surface area contributed by atoms with Crippen molar-refractivity contribution < 1.29 is 9.53 Å². The summed E-state index contributed by atoms with van der Waals surface area (Å²) in [6.07, 6.45) is 2.85. The van der Waals surface area contributed by atoms with E-state index in [1.54, 1.807) is 0 Å². The van der Waals surface area contributed by atoms with E-state index in [-0.39, 0.29) is 0 Å². The zero-order valence-corrected chi connectivity index (χ0v) is 12.9. The maximum atomic E-state index is 11.0. The molecule has 0 N–H and O–H groups in total. The maximum absolute atomic E-state index is 11.0. The predicted molar refractivity (Wildman–Crippen MR) is 94.1 cm³/mol. The molecule has 0 unspecified atom stereocenters. The van der Waals surface area contributed by atoms with Gasteiger partial charge in [-0.1, -0.05) is 24.3 Å². The molecule has 0 saturated heterocycles. The summed E-state index contributed by atoms with van der Waals surface area (Å²) < 4.78 is 5.38. The van der Waals surface area contributed by atoms with E-state index in [0.717, 1.165) is 25.0 Å². The first-order valence-electron chi connectivity index (χ1n) is 8.45. The van der Waals surface area contributed by atoms with E-state index < -0.39 is 0 Å². The van der Waals surface area contributed by atoms with E-state index in [2.05, 4.69) is 30.3 Å². The molecule has 7 rings (SSSR count). The van der Waals surface area contributed by atoms with Gasteiger partial charge in [0.25, 0.3) is 6.47 Å². The number of benzene rings is 4. The Labute approximate surface area is 137 Å². The molecule has 3 aliphatic rings. The van der Waals surface area contributed by atoms with Gasteiger partial charge >= 0.3 is 0 Å². The number of carbonyl (C=O) groups is 1. The molecule has 2 nitrogen and oxygen atoms in total. The van der Waals surface area contributed by atoms with Gasteiger partial charge in [0.15, 0.2) is 0 Å². The minimum atomic E-state index is 0.562. The third kappa shape index (κ3) is 1.03. The molecule has 4 aromatic rings. The van der Waals surface area contributed by atoms with E-state index in [0.29, 0.717) is 6.47 Å². The van der Waals surface area contributed by atoms with Gasteiger partial charge in [0.1, 0.15) is 5.75 Å². The Morgan fingerprint density at radius 2 is 1.17 bits per heavy atom. The second-order valence-corrected chi connectivity index (χ2v) is 7.27. The van der Waals surface area contributed by atoms with Crippen LogP contribution in [0.3, 0.4) is 0 Å². The summed E-state index contributed by atoms with van der Waals surface area (Å²) in [5.74, 6) is 0.748. The van der Waals surface area contributed by atoms with Gasteiger partial charge in [0.05, 0.1) is 0 Å². The van der Waals surface area contributed by atoms with E-state index in [1.165, 1.54) is 65.7 Å². The lowest BCUT2D eigenvalue weighted by Crippen LogP contribution is -1.95. The lowest BCUT2D eigenvalue weighted by molar-refractivity contribution is -0.120. The summed E-state index contributed by atoms with van der Waals surface area (Å²) in [5, 5.41) is 8.59. The molecule has 4 aromatic carbocycles. The van der Waals surface area contributed by atoms with E-state index in [4.69, 9.17) is 4.74 Å². The highest BCUT2D eigenvalue weighted by molar-refractivity contribution is 6.33. The fraction of sp³-hybridized carbons (Fsp3) is 0.136. The second-order valence-electron chi connectivity index (χ2n) is 7.27. The standard InChI is InChI=1S/C22H12O2/c23-9-24-16-8-14-6-12-2-1-10-5-11-3-4-13-7-15(16)22-20(13)18(11)17(10)19(12)21(14)22/h1-4,8-9H,5-7H2. The quantitative estimate of drug-likeness (QED) is 0.350. The van der Waals surface area contributed by atoms with Crippen molar-refractivity contribution in [3.63, 3.8) is 0 Å². The van der Waals surface area contributed by atoms with Crippen LogP contribution in [0, 0.1) is 0 Å². The number of ether oxygens (including phenoxy) is 1. The van der Waals surface area contributed by atoms with Gasteiger partial charge in [-0.25, -0.2) is 0 Å². The summed E-state index contributed by atoms with van der Waals surface area (Å²) in [4.78, 5) is 11.0. The summed E-state index contributed by atoms with van der Waals surface area (Å²) in [5.41, 5.74) is 8.22. The summed E-state index contributed by atoms with van der Waals surface area (Å²) in [7, 11) is 0. The molecule has 0 atom stereocenters. The van der Waals surface area contributed by atoms with Crippen LogP contribution in [0.1, 0.15) is 33.4 Å². The van der Waals surface area contributed by atoms with Crippen molar-refractivity contribution >= 4 is 38.8 Å². The van der Waals surface area contributed by atoms with Crippen LogP contribution in [0.2, 0.25) is 0 Å². The fourth-order valence-electron chi connectivity index (χ4n) is 5.50. The molecule has 0 saturated carbocycles. The molecule has 24 heavy (non-hydrogen) atoms. The molecule has 0 amide bonds. The van der Waals surface area contributed by atoms with Crippen LogP contribution in [0.15, 0.2) is 30.3 Å². The Morgan fingerprint density at radius 3 is 1.79 bits per heavy atom. The average Bonchev–Trinajstić information content (AvgIpc) is 3.23. The molecule has 3 aliphatic carbocycles. The van der Waals surface area contributed by atoms with Crippen molar-refractivity contribution in [3.8, 4) is 5.75 Å². The van der Waals surface area contributed by atoms with Crippen LogP contribution in [-0.2, 0) is 24.1 Å². The number of hydrogen-bond donors (Lipinski definition) is 0. The van der Waals surface area contributed by atoms with Crippen molar-refractivity contribution in [3.05, 3.63) is 63.7 Å². The highest BCUT2D eigenvalue weighted by Crippen LogP contribution is 2.54. The molecular weight excluding hydrogens is 296 g/mol. The Hall–Kier alpha value is -2.87. The van der Waals surface area contributed by atoms with Crippen LogP contribution in [-0.4, -0.2) is 6.47 Å². The zero-order valence-electron chi connectivity index (χ0n) is 12.9. The minimum Gasteiger partial charge on any atom is -0.428 e. The Kier molecular flexibility index (Phi) is 1.68. The third-order valence-corrected chi connectivity index (χ3v) is 6.29. The van der Waals surface area contributed by atoms with Crippen LogP contribution in [0.25, 0.3) is 32.3 Å². The monoisotopic (exact) mass is 308 g/mol. The van der Waals surface area contributed by atoms with Gasteiger partial charge in [-0.3, -0.25) is 4.79 Å². The lowest BCUT2D eigenvalue weighted by atomic mass is 9.94. The van der Waals surface area contributed by atoms with Crippen molar-refractivity contribution in [1.29, 1.82) is 0 Å². The first-order valence-corrected chi connectivity index (χ1v) is 8.45. The second kappa shape index (κ2) is 3.46. The molecule has 0 bridgehead atoms. The highest BCUT2D eigenvalue weighted by atomic mass is 16.5. The summed E-state index contributed by atoms with van der Waals surface area (Å²) in [6, 6.07) is 11.3. The molecular formula is C22H12O2. The van der Waals surface area contributed by atoms with E-state index in [1.807, 2.05) is 0 Å². The van der Waals surface area contributed by atoms with Gasteiger partial charge in [-0.05, 0) is 79.0 Å². The molecule has 112 valence electrons. The SMILES string of the molecule is O=COc1cc2c3c4c(ccc5c4c4c(ccc6c4c3c1C6)C5)C2. The van der Waals surface area contributed by atoms with Crippen LogP contribution in [0.5, 0.6) is 5.75 Å². The Bertz CT molecular complexity index is 1280. The molecule has 0 aromatic heterocycles. The third-order valence-electron chi connectivity index (χ3n) is 6.29. The molecule has 0 spiro atoms. The molecule has 0 aliphatic heterocycles. The first kappa shape index (κ1) is 11.6. The van der Waals surface area contributed by atoms with Crippen LogP contribution < -0.4 is 4.74 Å². The number of carbonyl (C=O) groups excluding carboxylic acids is 1. The Morgan fingerprint density at radius 1 is 0.667 bits per heavy atom. The minimum absolute atomic E-state index is 0.562. The normalized spacial score (nSPS) is 15.2. The summed E-state index contributed by atoms with van der Waals surface area (Å²) >= 11 is 0. The van der Waals surface area contributed by atoms with Gasteiger partial charge in [0, 0.05) is 12.0 Å². The van der Waals surface area contributed by atoms with Gasteiger partial charge < -0.3 is 4.74 Å². The van der Waals surface area contributed by atoms with Gasteiger partial charge in [-0.15, -0.1) is 0 Å². The van der Waals surface area contributed by atoms with Crippen LogP contribution in [0.4, 0.5) is 0 Å². The fourth-order valence-corrected chi connectivity index (χ4v) is 5.50. The molecule has 0 heterocycles. The number of hydrogen-bond acceptors (Lipinski definition) is 2. The van der Waals surface area contributed by atoms with Crippen molar-refractivity contribution in [2.75, 3.05) is 0 Å². The number of rotatable bonds is 2. The molecule has 0 fully saturated rings. The van der Waals surface area contributed by atoms with Crippen molar-refractivity contribution in [2.24, 2.45) is 0 Å². The molecule has 2 heteroatoms. The van der Waals surface area contributed by atoms with Gasteiger partial charge in [0.2, 0.25) is 0 Å². The van der Waals surface area contributed by atoms with E-state index >= 15 is 0 Å². The smallest absolute Gasteiger partial charge is 0.298 e. The van der Waals surface area contributed by atoms with Crippen molar-refractivity contribution in [2.45, 2.75) is 19.3 Å². The molecule has 0 radical (unpaired) electrons. The predicted octanol–water partition coefficient (Wildman–Crippen LogP) is 4.39. The van der Waals surface area contributed by atoms with Gasteiger partial charge in [-0.2, -0.15) is 0 Å². The van der Waals surface area contributed by atoms with Crippen molar-refractivity contribution in [1.82, 2.24) is 0 Å². The highest BCUT2D eigenvalue weighted by Gasteiger charge is 2.32. The Balaban J connectivity index is 1.89. The van der Waals surface area contributed by atoms with E-state index in [9.17, 15) is 4.79 Å². The maximum Gasteiger partial charge on any atom is 0.298 e. The summed E-state index contributed by atoms with van der Waals surface area (Å²) in [6.45, 7) is 0.562. The lowest BCUT2D eigenvalue weighted by Gasteiger charge is -2.10.